The van der Waals surface area contributed by atoms with E-state index in [0.29, 0.717) is 25.7 Å². The van der Waals surface area contributed by atoms with E-state index in [2.05, 4.69) is 27.4 Å². The summed E-state index contributed by atoms with van der Waals surface area (Å²) < 4.78 is 24.2. The van der Waals surface area contributed by atoms with Crippen molar-refractivity contribution in [3.63, 3.8) is 0 Å². The molecule has 0 saturated heterocycles. The molecule has 0 spiro atoms. The summed E-state index contributed by atoms with van der Waals surface area (Å²) >= 11 is 0. The lowest BCUT2D eigenvalue weighted by Crippen LogP contribution is -2.59. The van der Waals surface area contributed by atoms with E-state index in [0.717, 1.165) is 22.3 Å². The van der Waals surface area contributed by atoms with Crippen LogP contribution in [0.1, 0.15) is 92.2 Å². The van der Waals surface area contributed by atoms with E-state index in [1.165, 1.54) is 20.8 Å². The lowest BCUT2D eigenvalue weighted by molar-refractivity contribution is -0.187. The van der Waals surface area contributed by atoms with Gasteiger partial charge in [-0.3, -0.25) is 19.2 Å². The van der Waals surface area contributed by atoms with E-state index in [9.17, 15) is 19.2 Å². The molecule has 2 fully saturated rings. The van der Waals surface area contributed by atoms with Crippen LogP contribution in [-0.4, -0.2) is 67.3 Å². The molecule has 4 rings (SSSR count). The van der Waals surface area contributed by atoms with Gasteiger partial charge < -0.3 is 23.8 Å². The fourth-order valence-electron chi connectivity index (χ4n) is 8.39. The van der Waals surface area contributed by atoms with Gasteiger partial charge in [0.15, 0.2) is 6.10 Å². The van der Waals surface area contributed by atoms with Crippen molar-refractivity contribution in [1.29, 1.82) is 0 Å². The highest BCUT2D eigenvalue weighted by Gasteiger charge is 2.60. The number of carbonyl (C=O) groups excluding carboxylic acids is 4. The molecule has 252 valence electrons. The number of esters is 4. The number of fused-ring (bicyclic) bond motifs is 3. The molecule has 9 nitrogen and oxygen atoms in total. The second-order valence-electron chi connectivity index (χ2n) is 14.4. The molecule has 2 saturated carbocycles. The predicted octanol–water partition coefficient (Wildman–Crippen LogP) is 6.13. The summed E-state index contributed by atoms with van der Waals surface area (Å²) in [4.78, 5) is 53.0. The standard InChI is InChI=1S/C37H51NO8/c1-21-28-18-27-19-31(43-23(3)39)22(2)33(36(27,6)7)34(44-24(4)40)35(45-25(5)41)37(28,8)17-16-30(21)46-32(42)20-29(38(9)10)26-14-12-11-13-15-26/h11-15,27-31,34-35H,1,16-20H2,2-10H3/t27-,28+,29+,30-,31-,34+,35-,37-/m0/s1. The van der Waals surface area contributed by atoms with Crippen LogP contribution >= 0.6 is 0 Å². The van der Waals surface area contributed by atoms with Crippen molar-refractivity contribution in [3.05, 3.63) is 59.2 Å². The first-order chi connectivity index (χ1) is 21.5. The highest BCUT2D eigenvalue weighted by atomic mass is 16.6. The molecule has 0 heterocycles. The van der Waals surface area contributed by atoms with Crippen molar-refractivity contribution in [3.8, 4) is 0 Å². The van der Waals surface area contributed by atoms with Crippen LogP contribution in [0.3, 0.4) is 0 Å². The van der Waals surface area contributed by atoms with Gasteiger partial charge in [0.1, 0.15) is 18.3 Å². The molecule has 3 aliphatic carbocycles. The van der Waals surface area contributed by atoms with Gasteiger partial charge in [-0.1, -0.05) is 57.7 Å². The van der Waals surface area contributed by atoms with Gasteiger partial charge in [-0.2, -0.15) is 0 Å². The second kappa shape index (κ2) is 13.7. The summed E-state index contributed by atoms with van der Waals surface area (Å²) in [5, 5.41) is 0. The SMILES string of the molecule is C=C1[C@@H](OC(=O)C[C@H](c2ccccc2)N(C)C)CC[C@@]2(C)[C@@H]1C[C@H]1C[C@H](OC(C)=O)C(C)=C([C@@H](OC(C)=O)[C@@H]2OC(C)=O)C1(C)C. The van der Waals surface area contributed by atoms with Crippen LogP contribution in [0.5, 0.6) is 0 Å². The summed E-state index contributed by atoms with van der Waals surface area (Å²) in [6.45, 7) is 16.8. The number of hydrogen-bond acceptors (Lipinski definition) is 9. The number of rotatable bonds is 8. The minimum atomic E-state index is -0.899. The molecule has 0 amide bonds. The molecule has 0 aliphatic heterocycles. The summed E-state index contributed by atoms with van der Waals surface area (Å²) in [6, 6.07) is 9.73. The Balaban J connectivity index is 1.74. The molecule has 0 aromatic heterocycles. The third-order valence-electron chi connectivity index (χ3n) is 10.8. The van der Waals surface area contributed by atoms with Gasteiger partial charge in [-0.25, -0.2) is 0 Å². The first-order valence-electron chi connectivity index (χ1n) is 16.3. The van der Waals surface area contributed by atoms with Gasteiger partial charge in [0.05, 0.1) is 6.42 Å². The number of carbonyl (C=O) groups is 4. The van der Waals surface area contributed by atoms with E-state index in [1.807, 2.05) is 56.3 Å². The van der Waals surface area contributed by atoms with Gasteiger partial charge in [-0.15, -0.1) is 0 Å². The summed E-state index contributed by atoms with van der Waals surface area (Å²) in [7, 11) is 3.89. The minimum Gasteiger partial charge on any atom is -0.458 e. The lowest BCUT2D eigenvalue weighted by Gasteiger charge is -2.58. The third kappa shape index (κ3) is 7.09. The number of benzene rings is 1. The Bertz CT molecular complexity index is 1380. The third-order valence-corrected chi connectivity index (χ3v) is 10.8. The first kappa shape index (κ1) is 35.4. The Morgan fingerprint density at radius 1 is 0.891 bits per heavy atom. The molecule has 1 aromatic rings. The summed E-state index contributed by atoms with van der Waals surface area (Å²) in [5.41, 5.74) is 2.25. The maximum Gasteiger partial charge on any atom is 0.308 e. The first-order valence-corrected chi connectivity index (χ1v) is 16.3. The molecule has 0 radical (unpaired) electrons. The van der Waals surface area contributed by atoms with Gasteiger partial charge in [-0.05, 0) is 86.2 Å². The van der Waals surface area contributed by atoms with Crippen molar-refractivity contribution in [2.45, 2.75) is 111 Å². The number of hydrogen-bond donors (Lipinski definition) is 0. The second-order valence-corrected chi connectivity index (χ2v) is 14.4. The lowest BCUT2D eigenvalue weighted by atomic mass is 9.50. The molecule has 8 atom stereocenters. The maximum absolute atomic E-state index is 13.5. The molecule has 46 heavy (non-hydrogen) atoms. The zero-order chi connectivity index (χ0) is 34.1. The average Bonchev–Trinajstić information content (AvgIpc) is 2.95. The van der Waals surface area contributed by atoms with Gasteiger partial charge in [0.25, 0.3) is 0 Å². The predicted molar refractivity (Wildman–Crippen MR) is 173 cm³/mol. The van der Waals surface area contributed by atoms with Crippen molar-refractivity contribution in [2.75, 3.05) is 14.1 Å². The summed E-state index contributed by atoms with van der Waals surface area (Å²) in [6.07, 6.45) is -0.346. The van der Waals surface area contributed by atoms with Crippen LogP contribution in [0.25, 0.3) is 0 Å². The Kier molecular flexibility index (Phi) is 10.6. The Labute approximate surface area is 273 Å². The van der Waals surface area contributed by atoms with Crippen molar-refractivity contribution >= 4 is 23.9 Å². The van der Waals surface area contributed by atoms with Crippen molar-refractivity contribution < 1.29 is 38.1 Å². The Morgan fingerprint density at radius 3 is 2.07 bits per heavy atom. The highest BCUT2D eigenvalue weighted by Crippen LogP contribution is 2.60. The number of ether oxygens (including phenoxy) is 4. The van der Waals surface area contributed by atoms with Crippen LogP contribution in [0, 0.1) is 22.7 Å². The van der Waals surface area contributed by atoms with E-state index in [4.69, 9.17) is 18.9 Å². The van der Waals surface area contributed by atoms with Gasteiger partial charge in [0.2, 0.25) is 0 Å². The zero-order valence-corrected chi connectivity index (χ0v) is 28.9. The fourth-order valence-corrected chi connectivity index (χ4v) is 8.39. The largest absolute Gasteiger partial charge is 0.458 e. The Morgan fingerprint density at radius 2 is 1.50 bits per heavy atom. The van der Waals surface area contributed by atoms with Crippen LogP contribution in [0.15, 0.2) is 53.6 Å². The topological polar surface area (TPSA) is 108 Å². The normalized spacial score (nSPS) is 31.1. The molecule has 1 aromatic carbocycles. The summed E-state index contributed by atoms with van der Waals surface area (Å²) in [5.74, 6) is -1.95. The quantitative estimate of drug-likeness (QED) is 0.189. The maximum atomic E-state index is 13.5. The monoisotopic (exact) mass is 637 g/mol. The van der Waals surface area contributed by atoms with E-state index in [1.54, 1.807) is 0 Å². The minimum absolute atomic E-state index is 0.00128. The molecule has 0 N–H and O–H groups in total. The van der Waals surface area contributed by atoms with Crippen molar-refractivity contribution in [2.24, 2.45) is 22.7 Å². The van der Waals surface area contributed by atoms with E-state index < -0.39 is 53.2 Å². The molecular formula is C37H51NO8. The molecular weight excluding hydrogens is 586 g/mol. The van der Waals surface area contributed by atoms with Crippen LogP contribution in [-0.2, 0) is 38.1 Å². The van der Waals surface area contributed by atoms with Crippen LogP contribution in [0.2, 0.25) is 0 Å². The van der Waals surface area contributed by atoms with Crippen LogP contribution < -0.4 is 0 Å². The van der Waals surface area contributed by atoms with E-state index >= 15 is 0 Å². The van der Waals surface area contributed by atoms with E-state index in [-0.39, 0.29) is 30.3 Å². The van der Waals surface area contributed by atoms with Crippen LogP contribution in [0.4, 0.5) is 0 Å². The van der Waals surface area contributed by atoms with Gasteiger partial charge >= 0.3 is 23.9 Å². The zero-order valence-electron chi connectivity index (χ0n) is 28.9. The van der Waals surface area contributed by atoms with Crippen molar-refractivity contribution in [1.82, 2.24) is 4.90 Å². The molecule has 0 unspecified atom stereocenters. The Hall–Kier alpha value is -3.46. The number of nitrogens with zero attached hydrogens (tertiary/aromatic N) is 1. The molecule has 2 bridgehead atoms. The molecule has 9 heteroatoms. The average molecular weight is 638 g/mol. The highest BCUT2D eigenvalue weighted by molar-refractivity contribution is 5.71. The fraction of sp³-hybridized carbons (Fsp3) is 0.622. The van der Waals surface area contributed by atoms with Gasteiger partial charge in [0, 0.05) is 32.2 Å². The smallest absolute Gasteiger partial charge is 0.308 e. The molecule has 3 aliphatic rings.